The molecule has 1 atom stereocenters. The third kappa shape index (κ3) is 3.63. The minimum absolute atomic E-state index is 0.0552. The molecule has 108 valence electrons. The molecule has 1 aromatic carbocycles. The highest BCUT2D eigenvalue weighted by atomic mass is 16.6. The highest BCUT2D eigenvalue weighted by molar-refractivity contribution is 5.87. The van der Waals surface area contributed by atoms with Crippen molar-refractivity contribution >= 4 is 11.8 Å². The van der Waals surface area contributed by atoms with Gasteiger partial charge < -0.3 is 20.1 Å². The van der Waals surface area contributed by atoms with Crippen LogP contribution < -0.4 is 20.1 Å². The Morgan fingerprint density at radius 1 is 1.25 bits per heavy atom. The molecule has 0 bridgehead atoms. The van der Waals surface area contributed by atoms with Crippen LogP contribution in [0.25, 0.3) is 0 Å². The summed E-state index contributed by atoms with van der Waals surface area (Å²) >= 11 is 0. The van der Waals surface area contributed by atoms with E-state index in [0.717, 1.165) is 6.42 Å². The van der Waals surface area contributed by atoms with Gasteiger partial charge in [0.05, 0.1) is 6.54 Å². The van der Waals surface area contributed by atoms with Gasteiger partial charge in [0.15, 0.2) is 11.5 Å². The van der Waals surface area contributed by atoms with E-state index in [2.05, 4.69) is 10.6 Å². The summed E-state index contributed by atoms with van der Waals surface area (Å²) in [6.07, 6.45) is 0.125. The minimum Gasteiger partial charge on any atom is -0.485 e. The van der Waals surface area contributed by atoms with Crippen molar-refractivity contribution in [1.29, 1.82) is 0 Å². The molecule has 6 nitrogen and oxygen atoms in total. The van der Waals surface area contributed by atoms with E-state index in [9.17, 15) is 9.59 Å². The molecule has 0 aromatic heterocycles. The van der Waals surface area contributed by atoms with Crippen molar-refractivity contribution in [1.82, 2.24) is 10.6 Å². The van der Waals surface area contributed by atoms with Gasteiger partial charge in [-0.2, -0.15) is 0 Å². The molecule has 1 aliphatic heterocycles. The molecule has 0 fully saturated rings. The first-order valence-corrected chi connectivity index (χ1v) is 6.63. The third-order valence-corrected chi connectivity index (χ3v) is 2.80. The summed E-state index contributed by atoms with van der Waals surface area (Å²) < 4.78 is 11.0. The zero-order valence-corrected chi connectivity index (χ0v) is 11.3. The second-order valence-electron chi connectivity index (χ2n) is 4.43. The first-order chi connectivity index (χ1) is 9.70. The summed E-state index contributed by atoms with van der Waals surface area (Å²) in [5.74, 6) is 0.593. The van der Waals surface area contributed by atoms with Crippen molar-refractivity contribution in [2.24, 2.45) is 0 Å². The summed E-state index contributed by atoms with van der Waals surface area (Å²) in [6, 6.07) is 7.16. The number of carbonyl (C=O) groups is 2. The molecular weight excluding hydrogens is 260 g/mol. The molecule has 0 saturated carbocycles. The largest absolute Gasteiger partial charge is 0.485 e. The Kier molecular flexibility index (Phi) is 4.81. The van der Waals surface area contributed by atoms with Gasteiger partial charge in [-0.05, 0) is 18.6 Å². The number of benzene rings is 1. The normalized spacial score (nSPS) is 16.4. The number of hydrogen-bond donors (Lipinski definition) is 2. The smallest absolute Gasteiger partial charge is 0.265 e. The fourth-order valence-corrected chi connectivity index (χ4v) is 1.76. The number of carbonyl (C=O) groups excluding carboxylic acids is 2. The van der Waals surface area contributed by atoms with Gasteiger partial charge >= 0.3 is 0 Å². The maximum absolute atomic E-state index is 11.9. The number of fused-ring (bicyclic) bond motifs is 1. The van der Waals surface area contributed by atoms with Crippen LogP contribution in [0.5, 0.6) is 11.5 Å². The fourth-order valence-electron chi connectivity index (χ4n) is 1.76. The minimum atomic E-state index is -0.733. The Balaban J connectivity index is 1.81. The van der Waals surface area contributed by atoms with Crippen LogP contribution >= 0.6 is 0 Å². The van der Waals surface area contributed by atoms with E-state index in [1.54, 1.807) is 18.2 Å². The third-order valence-electron chi connectivity index (χ3n) is 2.80. The molecule has 0 aliphatic carbocycles. The molecule has 1 aliphatic rings. The standard InChI is InChI=1S/C14H18N2O4/c1-2-7-15-13(17)8-16-14(18)12-9-19-10-5-3-4-6-11(10)20-12/h3-6,12H,2,7-9H2,1H3,(H,15,17)(H,16,18). The van der Waals surface area contributed by atoms with Gasteiger partial charge in [-0.15, -0.1) is 0 Å². The van der Waals surface area contributed by atoms with E-state index in [-0.39, 0.29) is 25.0 Å². The average Bonchev–Trinajstić information content (AvgIpc) is 2.50. The van der Waals surface area contributed by atoms with Crippen LogP contribution in [0.1, 0.15) is 13.3 Å². The molecule has 1 aromatic rings. The van der Waals surface area contributed by atoms with Gasteiger partial charge in [0.1, 0.15) is 6.61 Å². The van der Waals surface area contributed by atoms with E-state index < -0.39 is 6.10 Å². The Morgan fingerprint density at radius 3 is 2.75 bits per heavy atom. The SMILES string of the molecule is CCCNC(=O)CNC(=O)C1COc2ccccc2O1. The molecule has 0 saturated heterocycles. The average molecular weight is 278 g/mol. The van der Waals surface area contributed by atoms with Crippen molar-refractivity contribution in [3.05, 3.63) is 24.3 Å². The maximum atomic E-state index is 11.9. The van der Waals surface area contributed by atoms with Crippen LogP contribution in [-0.2, 0) is 9.59 Å². The molecule has 20 heavy (non-hydrogen) atoms. The first-order valence-electron chi connectivity index (χ1n) is 6.63. The summed E-state index contributed by atoms with van der Waals surface area (Å²) in [4.78, 5) is 23.3. The second kappa shape index (κ2) is 6.79. The molecule has 0 spiro atoms. The van der Waals surface area contributed by atoms with Crippen molar-refractivity contribution < 1.29 is 19.1 Å². The molecule has 2 amide bonds. The van der Waals surface area contributed by atoms with Crippen LogP contribution in [0.3, 0.4) is 0 Å². The van der Waals surface area contributed by atoms with Crippen LogP contribution in [-0.4, -0.2) is 37.6 Å². The first kappa shape index (κ1) is 14.2. The number of nitrogens with one attached hydrogen (secondary N) is 2. The van der Waals surface area contributed by atoms with E-state index in [0.29, 0.717) is 18.0 Å². The van der Waals surface area contributed by atoms with E-state index in [4.69, 9.17) is 9.47 Å². The number of ether oxygens (including phenoxy) is 2. The molecule has 2 rings (SSSR count). The van der Waals surface area contributed by atoms with Crippen LogP contribution in [0.4, 0.5) is 0 Å². The molecule has 0 radical (unpaired) electrons. The molecule has 2 N–H and O–H groups in total. The highest BCUT2D eigenvalue weighted by Gasteiger charge is 2.27. The Bertz CT molecular complexity index is 490. The van der Waals surface area contributed by atoms with Crippen molar-refractivity contribution in [2.75, 3.05) is 19.7 Å². The Morgan fingerprint density at radius 2 is 2.00 bits per heavy atom. The van der Waals surface area contributed by atoms with Gasteiger partial charge in [-0.25, -0.2) is 0 Å². The predicted octanol–water partition coefficient (Wildman–Crippen LogP) is 0.469. The van der Waals surface area contributed by atoms with Gasteiger partial charge in [0.25, 0.3) is 5.91 Å². The number of rotatable bonds is 5. The van der Waals surface area contributed by atoms with Crippen LogP contribution in [0.2, 0.25) is 0 Å². The molecule has 1 heterocycles. The fraction of sp³-hybridized carbons (Fsp3) is 0.429. The van der Waals surface area contributed by atoms with Crippen molar-refractivity contribution in [2.45, 2.75) is 19.4 Å². The van der Waals surface area contributed by atoms with Crippen LogP contribution in [0.15, 0.2) is 24.3 Å². The Labute approximate surface area is 117 Å². The number of para-hydroxylation sites is 2. The lowest BCUT2D eigenvalue weighted by molar-refractivity contribution is -0.132. The van der Waals surface area contributed by atoms with Gasteiger partial charge in [0.2, 0.25) is 12.0 Å². The monoisotopic (exact) mass is 278 g/mol. The lowest BCUT2D eigenvalue weighted by Crippen LogP contribution is -2.47. The quantitative estimate of drug-likeness (QED) is 0.821. The summed E-state index contributed by atoms with van der Waals surface area (Å²) in [7, 11) is 0. The highest BCUT2D eigenvalue weighted by Crippen LogP contribution is 2.30. The zero-order chi connectivity index (χ0) is 14.4. The van der Waals surface area contributed by atoms with E-state index >= 15 is 0 Å². The maximum Gasteiger partial charge on any atom is 0.265 e. The number of amides is 2. The van der Waals surface area contributed by atoms with Crippen LogP contribution in [0, 0.1) is 0 Å². The summed E-state index contributed by atoms with van der Waals surface area (Å²) in [5.41, 5.74) is 0. The predicted molar refractivity (Wildman–Crippen MR) is 72.7 cm³/mol. The van der Waals surface area contributed by atoms with E-state index in [1.165, 1.54) is 0 Å². The summed E-state index contributed by atoms with van der Waals surface area (Å²) in [6.45, 7) is 2.65. The molecular formula is C14H18N2O4. The van der Waals surface area contributed by atoms with Gasteiger partial charge in [-0.3, -0.25) is 9.59 Å². The Hall–Kier alpha value is -2.24. The van der Waals surface area contributed by atoms with Gasteiger partial charge in [-0.1, -0.05) is 19.1 Å². The zero-order valence-electron chi connectivity index (χ0n) is 11.3. The van der Waals surface area contributed by atoms with Gasteiger partial charge in [0, 0.05) is 6.54 Å². The number of hydrogen-bond acceptors (Lipinski definition) is 4. The molecule has 1 unspecified atom stereocenters. The van der Waals surface area contributed by atoms with Crippen molar-refractivity contribution in [3.63, 3.8) is 0 Å². The molecule has 6 heteroatoms. The topological polar surface area (TPSA) is 76.7 Å². The second-order valence-corrected chi connectivity index (χ2v) is 4.43. The van der Waals surface area contributed by atoms with Crippen molar-refractivity contribution in [3.8, 4) is 11.5 Å². The summed E-state index contributed by atoms with van der Waals surface area (Å²) in [5, 5.41) is 5.22. The lowest BCUT2D eigenvalue weighted by Gasteiger charge is -2.25. The lowest BCUT2D eigenvalue weighted by atomic mass is 10.2. The van der Waals surface area contributed by atoms with E-state index in [1.807, 2.05) is 13.0 Å².